The van der Waals surface area contributed by atoms with Crippen LogP contribution in [-0.4, -0.2) is 13.1 Å². The number of nitrogens with two attached hydrogens (primary N) is 1. The Hall–Kier alpha value is -1.59. The molecule has 0 atom stereocenters. The molecule has 19 heavy (non-hydrogen) atoms. The zero-order chi connectivity index (χ0) is 13.8. The normalized spacial score (nSPS) is 10.4. The van der Waals surface area contributed by atoms with E-state index in [1.165, 1.54) is 25.1 Å². The molecule has 0 aliphatic heterocycles. The van der Waals surface area contributed by atoms with E-state index >= 15 is 0 Å². The number of furan rings is 1. The summed E-state index contributed by atoms with van der Waals surface area (Å²) in [6, 6.07) is 6.89. The van der Waals surface area contributed by atoms with E-state index in [-0.39, 0.29) is 0 Å². The van der Waals surface area contributed by atoms with Crippen LogP contribution in [0.2, 0.25) is 5.02 Å². The maximum atomic E-state index is 11.5. The Balaban J connectivity index is 2.10. The van der Waals surface area contributed by atoms with Crippen molar-refractivity contribution in [1.82, 2.24) is 0 Å². The van der Waals surface area contributed by atoms with Gasteiger partial charge in [0.2, 0.25) is 0 Å². The van der Waals surface area contributed by atoms with Crippen LogP contribution in [0.5, 0.6) is 0 Å². The van der Waals surface area contributed by atoms with Crippen LogP contribution in [-0.2, 0) is 10.5 Å². The van der Waals surface area contributed by atoms with E-state index in [0.29, 0.717) is 27.8 Å². The molecule has 6 heteroatoms. The van der Waals surface area contributed by atoms with Crippen molar-refractivity contribution in [2.24, 2.45) is 0 Å². The quantitative estimate of drug-likeness (QED) is 0.531. The number of hydrogen-bond donors (Lipinski definition) is 1. The summed E-state index contributed by atoms with van der Waals surface area (Å²) in [6.07, 6.45) is 1.47. The smallest absolute Gasteiger partial charge is 0.341 e. The number of hydrogen-bond acceptors (Lipinski definition) is 5. The predicted molar refractivity (Wildman–Crippen MR) is 75.5 cm³/mol. The number of benzene rings is 1. The van der Waals surface area contributed by atoms with E-state index in [1.807, 2.05) is 6.07 Å². The molecule has 4 nitrogen and oxygen atoms in total. The number of methoxy groups -OCH3 is 1. The third-order valence-electron chi connectivity index (χ3n) is 2.47. The molecule has 0 radical (unpaired) electrons. The number of esters is 1. The van der Waals surface area contributed by atoms with Gasteiger partial charge in [0.1, 0.15) is 11.3 Å². The number of rotatable bonds is 4. The van der Waals surface area contributed by atoms with Crippen molar-refractivity contribution in [2.75, 3.05) is 12.8 Å². The molecular formula is C13H12ClNO3S. The third kappa shape index (κ3) is 3.24. The molecule has 0 spiro atoms. The highest BCUT2D eigenvalue weighted by molar-refractivity contribution is 7.98. The number of thioether (sulfide) groups is 1. The summed E-state index contributed by atoms with van der Waals surface area (Å²) in [5, 5.41) is 0.580. The molecule has 0 saturated heterocycles. The molecule has 2 aromatic rings. The molecule has 0 amide bonds. The molecular weight excluding hydrogens is 286 g/mol. The second-order valence-electron chi connectivity index (χ2n) is 3.73. The van der Waals surface area contributed by atoms with Gasteiger partial charge in [-0.3, -0.25) is 0 Å². The standard InChI is InChI=1S/C13H12ClNO3S/c1-17-13(16)9-4-5-18-11(9)7-19-12-3-2-8(15)6-10(12)14/h2-6H,7,15H2,1H3. The first kappa shape index (κ1) is 13.8. The third-order valence-corrected chi connectivity index (χ3v) is 3.96. The van der Waals surface area contributed by atoms with Crippen molar-refractivity contribution >= 4 is 35.0 Å². The summed E-state index contributed by atoms with van der Waals surface area (Å²) >= 11 is 7.54. The lowest BCUT2D eigenvalue weighted by molar-refractivity contribution is 0.0598. The molecule has 0 fully saturated rings. The van der Waals surface area contributed by atoms with Crippen molar-refractivity contribution in [3.05, 3.63) is 46.9 Å². The van der Waals surface area contributed by atoms with Crippen molar-refractivity contribution in [2.45, 2.75) is 10.6 Å². The van der Waals surface area contributed by atoms with Crippen LogP contribution in [0.4, 0.5) is 5.69 Å². The summed E-state index contributed by atoms with van der Waals surface area (Å²) in [5.41, 5.74) is 6.67. The van der Waals surface area contributed by atoms with Crippen LogP contribution in [0.15, 0.2) is 39.8 Å². The fourth-order valence-electron chi connectivity index (χ4n) is 1.52. The number of ether oxygens (including phenoxy) is 1. The number of halogens is 1. The highest BCUT2D eigenvalue weighted by Gasteiger charge is 2.15. The van der Waals surface area contributed by atoms with Crippen LogP contribution >= 0.6 is 23.4 Å². The van der Waals surface area contributed by atoms with Gasteiger partial charge in [-0.15, -0.1) is 11.8 Å². The number of nitrogen functional groups attached to an aromatic ring is 1. The van der Waals surface area contributed by atoms with Crippen LogP contribution in [0, 0.1) is 0 Å². The zero-order valence-corrected chi connectivity index (χ0v) is 11.8. The van der Waals surface area contributed by atoms with Gasteiger partial charge in [0, 0.05) is 10.6 Å². The SMILES string of the molecule is COC(=O)c1ccoc1CSc1ccc(N)cc1Cl. The molecule has 1 heterocycles. The molecule has 0 aliphatic carbocycles. The first-order chi connectivity index (χ1) is 9.11. The van der Waals surface area contributed by atoms with Crippen molar-refractivity contribution < 1.29 is 13.9 Å². The Morgan fingerprint density at radius 3 is 2.95 bits per heavy atom. The summed E-state index contributed by atoms with van der Waals surface area (Å²) < 4.78 is 9.96. The van der Waals surface area contributed by atoms with Crippen LogP contribution in [0.1, 0.15) is 16.1 Å². The lowest BCUT2D eigenvalue weighted by Crippen LogP contribution is -2.02. The van der Waals surface area contributed by atoms with Gasteiger partial charge >= 0.3 is 5.97 Å². The van der Waals surface area contributed by atoms with Crippen LogP contribution in [0.25, 0.3) is 0 Å². The summed E-state index contributed by atoms with van der Waals surface area (Å²) in [4.78, 5) is 12.4. The number of carbonyl (C=O) groups is 1. The summed E-state index contributed by atoms with van der Waals surface area (Å²) in [7, 11) is 1.34. The Kier molecular flexibility index (Phi) is 4.39. The first-order valence-corrected chi connectivity index (χ1v) is 6.80. The zero-order valence-electron chi connectivity index (χ0n) is 10.2. The van der Waals surface area contributed by atoms with Crippen molar-refractivity contribution in [3.8, 4) is 0 Å². The van der Waals surface area contributed by atoms with Crippen LogP contribution < -0.4 is 5.73 Å². The monoisotopic (exact) mass is 297 g/mol. The maximum absolute atomic E-state index is 11.5. The van der Waals surface area contributed by atoms with E-state index in [2.05, 4.69) is 4.74 Å². The van der Waals surface area contributed by atoms with Gasteiger partial charge < -0.3 is 14.9 Å². The van der Waals surface area contributed by atoms with Gasteiger partial charge in [0.05, 0.1) is 24.1 Å². The van der Waals surface area contributed by atoms with E-state index < -0.39 is 5.97 Å². The Bertz CT molecular complexity index is 597. The molecule has 0 bridgehead atoms. The van der Waals surface area contributed by atoms with Gasteiger partial charge in [0.25, 0.3) is 0 Å². The lowest BCUT2D eigenvalue weighted by atomic mass is 10.3. The molecule has 1 aromatic carbocycles. The Morgan fingerprint density at radius 1 is 1.47 bits per heavy atom. The van der Waals surface area contributed by atoms with Gasteiger partial charge in [-0.1, -0.05) is 11.6 Å². The van der Waals surface area contributed by atoms with E-state index in [0.717, 1.165) is 4.90 Å². The van der Waals surface area contributed by atoms with E-state index in [9.17, 15) is 4.79 Å². The Morgan fingerprint density at radius 2 is 2.26 bits per heavy atom. The minimum atomic E-state index is -0.409. The highest BCUT2D eigenvalue weighted by atomic mass is 35.5. The topological polar surface area (TPSA) is 65.5 Å². The molecule has 0 saturated carbocycles. The second-order valence-corrected chi connectivity index (χ2v) is 5.15. The van der Waals surface area contributed by atoms with Gasteiger partial charge in [0.15, 0.2) is 0 Å². The fraction of sp³-hybridized carbons (Fsp3) is 0.154. The largest absolute Gasteiger partial charge is 0.468 e. The minimum Gasteiger partial charge on any atom is -0.468 e. The summed E-state index contributed by atoms with van der Waals surface area (Å²) in [6.45, 7) is 0. The number of anilines is 1. The maximum Gasteiger partial charge on any atom is 0.341 e. The van der Waals surface area contributed by atoms with E-state index in [1.54, 1.807) is 18.2 Å². The fourth-order valence-corrected chi connectivity index (χ4v) is 2.75. The summed E-state index contributed by atoms with van der Waals surface area (Å²) in [5.74, 6) is 0.638. The van der Waals surface area contributed by atoms with Gasteiger partial charge in [-0.05, 0) is 24.3 Å². The van der Waals surface area contributed by atoms with Crippen LogP contribution in [0.3, 0.4) is 0 Å². The van der Waals surface area contributed by atoms with E-state index in [4.69, 9.17) is 21.8 Å². The second kappa shape index (κ2) is 6.04. The average molecular weight is 298 g/mol. The molecule has 2 N–H and O–H groups in total. The van der Waals surface area contributed by atoms with Gasteiger partial charge in [-0.25, -0.2) is 4.79 Å². The Labute approximate surface area is 119 Å². The molecule has 0 aliphatic rings. The molecule has 1 aromatic heterocycles. The number of carbonyl (C=O) groups excluding carboxylic acids is 1. The molecule has 2 rings (SSSR count). The van der Waals surface area contributed by atoms with Gasteiger partial charge in [-0.2, -0.15) is 0 Å². The molecule has 100 valence electrons. The average Bonchev–Trinajstić information content (AvgIpc) is 2.85. The van der Waals surface area contributed by atoms with Crippen molar-refractivity contribution in [1.29, 1.82) is 0 Å². The molecule has 0 unspecified atom stereocenters. The van der Waals surface area contributed by atoms with Crippen molar-refractivity contribution in [3.63, 3.8) is 0 Å². The highest BCUT2D eigenvalue weighted by Crippen LogP contribution is 2.32. The minimum absolute atomic E-state index is 0.409. The first-order valence-electron chi connectivity index (χ1n) is 5.44. The predicted octanol–water partition coefficient (Wildman–Crippen LogP) is 3.59. The lowest BCUT2D eigenvalue weighted by Gasteiger charge is -2.05.